The Kier molecular flexibility index (Phi) is 3.36. The van der Waals surface area contributed by atoms with Crippen molar-refractivity contribution >= 4 is 11.6 Å². The van der Waals surface area contributed by atoms with E-state index in [9.17, 15) is 4.79 Å². The zero-order chi connectivity index (χ0) is 16.0. The van der Waals surface area contributed by atoms with Gasteiger partial charge in [0.1, 0.15) is 5.76 Å². The molecule has 1 N–H and O–H groups in total. The Morgan fingerprint density at radius 2 is 2.00 bits per heavy atom. The van der Waals surface area contributed by atoms with Crippen LogP contribution in [0.4, 0.5) is 5.69 Å². The molecular formula is C16H21N5O2. The molecular weight excluding hydrogens is 294 g/mol. The van der Waals surface area contributed by atoms with E-state index < -0.39 is 0 Å². The van der Waals surface area contributed by atoms with Crippen LogP contribution in [0.1, 0.15) is 46.4 Å². The maximum Gasteiger partial charge on any atom is 0.276 e. The van der Waals surface area contributed by atoms with Gasteiger partial charge in [-0.25, -0.2) is 0 Å². The number of nitrogens with zero attached hydrogens (tertiary/aromatic N) is 4. The van der Waals surface area contributed by atoms with Crippen molar-refractivity contribution in [3.8, 4) is 0 Å². The zero-order valence-corrected chi connectivity index (χ0v) is 13.5. The number of nitrogens with one attached hydrogen (secondary N) is 1. The molecule has 0 radical (unpaired) electrons. The molecule has 1 saturated heterocycles. The number of carbonyl (C=O) groups is 1. The summed E-state index contributed by atoms with van der Waals surface area (Å²) in [6.07, 6.45) is 2.29. The molecule has 1 aliphatic carbocycles. The van der Waals surface area contributed by atoms with Crippen LogP contribution in [0, 0.1) is 13.8 Å². The van der Waals surface area contributed by atoms with Gasteiger partial charge in [0.2, 0.25) is 0 Å². The standard InChI is InChI=1S/C16H21N5O2/c1-10-15(11(2)18-17-10)20-5-7-21(8-6-20)16(22)13-9-14(23-19-13)12-3-4-12/h9,12H,3-8H2,1-2H3,(H,17,18). The highest BCUT2D eigenvalue weighted by atomic mass is 16.5. The molecule has 1 saturated carbocycles. The summed E-state index contributed by atoms with van der Waals surface area (Å²) in [5, 5.41) is 11.2. The van der Waals surface area contributed by atoms with Crippen LogP contribution in [-0.4, -0.2) is 52.3 Å². The third kappa shape index (κ3) is 2.60. The number of aryl methyl sites for hydroxylation is 2. The average molecular weight is 315 g/mol. The highest BCUT2D eigenvalue weighted by molar-refractivity contribution is 5.92. The quantitative estimate of drug-likeness (QED) is 0.935. The second-order valence-electron chi connectivity index (χ2n) is 6.45. The molecule has 7 nitrogen and oxygen atoms in total. The smallest absolute Gasteiger partial charge is 0.276 e. The minimum atomic E-state index is -0.0269. The van der Waals surface area contributed by atoms with E-state index in [1.54, 1.807) is 0 Å². The van der Waals surface area contributed by atoms with Gasteiger partial charge in [-0.1, -0.05) is 5.16 Å². The largest absolute Gasteiger partial charge is 0.365 e. The van der Waals surface area contributed by atoms with Crippen molar-refractivity contribution in [2.45, 2.75) is 32.6 Å². The Balaban J connectivity index is 1.41. The number of piperazine rings is 1. The molecule has 2 aliphatic rings. The van der Waals surface area contributed by atoms with Gasteiger partial charge in [0.25, 0.3) is 5.91 Å². The molecule has 3 heterocycles. The summed E-state index contributed by atoms with van der Waals surface area (Å²) in [4.78, 5) is 16.7. The van der Waals surface area contributed by atoms with Crippen LogP contribution in [0.15, 0.2) is 10.6 Å². The average Bonchev–Trinajstić information content (AvgIpc) is 3.20. The third-order valence-corrected chi connectivity index (χ3v) is 4.70. The normalized spacial score (nSPS) is 18.5. The SMILES string of the molecule is Cc1n[nH]c(C)c1N1CCN(C(=O)c2cc(C3CC3)on2)CC1. The summed E-state index contributed by atoms with van der Waals surface area (Å²) in [6.45, 7) is 7.02. The van der Waals surface area contributed by atoms with Crippen LogP contribution in [0.25, 0.3) is 0 Å². The molecule has 1 aliphatic heterocycles. The molecule has 1 amide bonds. The Labute approximate surface area is 134 Å². The first-order valence-electron chi connectivity index (χ1n) is 8.16. The predicted octanol–water partition coefficient (Wildman–Crippen LogP) is 1.85. The number of aromatic nitrogens is 3. The molecule has 2 fully saturated rings. The number of H-pyrrole nitrogens is 1. The second kappa shape index (κ2) is 5.40. The Bertz CT molecular complexity index is 703. The minimum Gasteiger partial charge on any atom is -0.365 e. The molecule has 122 valence electrons. The van der Waals surface area contributed by atoms with E-state index in [-0.39, 0.29) is 5.91 Å². The van der Waals surface area contributed by atoms with Gasteiger partial charge in [-0.15, -0.1) is 0 Å². The van der Waals surface area contributed by atoms with E-state index in [0.29, 0.717) is 24.7 Å². The van der Waals surface area contributed by atoms with E-state index >= 15 is 0 Å². The van der Waals surface area contributed by atoms with Crippen molar-refractivity contribution in [1.29, 1.82) is 0 Å². The minimum absolute atomic E-state index is 0.0269. The van der Waals surface area contributed by atoms with Crippen molar-refractivity contribution in [3.63, 3.8) is 0 Å². The fourth-order valence-corrected chi connectivity index (χ4v) is 3.26. The molecule has 0 aromatic carbocycles. The third-order valence-electron chi connectivity index (χ3n) is 4.70. The van der Waals surface area contributed by atoms with Crippen molar-refractivity contribution < 1.29 is 9.32 Å². The van der Waals surface area contributed by atoms with Gasteiger partial charge >= 0.3 is 0 Å². The lowest BCUT2D eigenvalue weighted by molar-refractivity contribution is 0.0736. The predicted molar refractivity (Wildman–Crippen MR) is 84.7 cm³/mol. The molecule has 2 aromatic heterocycles. The number of anilines is 1. The summed E-state index contributed by atoms with van der Waals surface area (Å²) < 4.78 is 5.29. The van der Waals surface area contributed by atoms with Crippen LogP contribution < -0.4 is 4.90 Å². The van der Waals surface area contributed by atoms with E-state index in [2.05, 4.69) is 20.3 Å². The summed E-state index contributed by atoms with van der Waals surface area (Å²) in [7, 11) is 0. The lowest BCUT2D eigenvalue weighted by Gasteiger charge is -2.35. The zero-order valence-electron chi connectivity index (χ0n) is 13.5. The first kappa shape index (κ1) is 14.3. The van der Waals surface area contributed by atoms with E-state index in [0.717, 1.165) is 48.8 Å². The maximum absolute atomic E-state index is 12.5. The number of carbonyl (C=O) groups excluding carboxylic acids is 1. The summed E-state index contributed by atoms with van der Waals surface area (Å²) in [5.74, 6) is 1.31. The first-order valence-corrected chi connectivity index (χ1v) is 8.16. The van der Waals surface area contributed by atoms with Crippen molar-refractivity contribution in [2.75, 3.05) is 31.1 Å². The summed E-state index contributed by atoms with van der Waals surface area (Å²) in [5.41, 5.74) is 3.69. The van der Waals surface area contributed by atoms with Crippen LogP contribution in [0.5, 0.6) is 0 Å². The number of hydrogen-bond acceptors (Lipinski definition) is 5. The van der Waals surface area contributed by atoms with Gasteiger partial charge in [-0.05, 0) is 26.7 Å². The Morgan fingerprint density at radius 3 is 2.61 bits per heavy atom. The molecule has 7 heteroatoms. The molecule has 4 rings (SSSR count). The van der Waals surface area contributed by atoms with Crippen molar-refractivity contribution in [3.05, 3.63) is 28.9 Å². The van der Waals surface area contributed by atoms with Crippen LogP contribution in [0.3, 0.4) is 0 Å². The highest BCUT2D eigenvalue weighted by Crippen LogP contribution is 2.40. The van der Waals surface area contributed by atoms with Crippen LogP contribution in [-0.2, 0) is 0 Å². The van der Waals surface area contributed by atoms with E-state index in [1.165, 1.54) is 0 Å². The van der Waals surface area contributed by atoms with E-state index in [1.807, 2.05) is 24.8 Å². The topological polar surface area (TPSA) is 78.3 Å². The van der Waals surface area contributed by atoms with Crippen molar-refractivity contribution in [1.82, 2.24) is 20.3 Å². The van der Waals surface area contributed by atoms with Gasteiger partial charge in [-0.3, -0.25) is 9.89 Å². The fourth-order valence-electron chi connectivity index (χ4n) is 3.26. The fraction of sp³-hybridized carbons (Fsp3) is 0.562. The second-order valence-corrected chi connectivity index (χ2v) is 6.45. The van der Waals surface area contributed by atoms with Gasteiger partial charge in [0, 0.05) is 38.2 Å². The Hall–Kier alpha value is -2.31. The molecule has 23 heavy (non-hydrogen) atoms. The van der Waals surface area contributed by atoms with Crippen LogP contribution in [0.2, 0.25) is 0 Å². The summed E-state index contributed by atoms with van der Waals surface area (Å²) >= 11 is 0. The van der Waals surface area contributed by atoms with Crippen molar-refractivity contribution in [2.24, 2.45) is 0 Å². The van der Waals surface area contributed by atoms with E-state index in [4.69, 9.17) is 4.52 Å². The van der Waals surface area contributed by atoms with Gasteiger partial charge in [0.05, 0.1) is 17.1 Å². The first-order chi connectivity index (χ1) is 11.1. The highest BCUT2D eigenvalue weighted by Gasteiger charge is 2.31. The lowest BCUT2D eigenvalue weighted by Crippen LogP contribution is -2.49. The van der Waals surface area contributed by atoms with Gasteiger partial charge in [-0.2, -0.15) is 5.10 Å². The number of hydrogen-bond donors (Lipinski definition) is 1. The van der Waals surface area contributed by atoms with Crippen LogP contribution >= 0.6 is 0 Å². The number of amides is 1. The Morgan fingerprint density at radius 1 is 1.26 bits per heavy atom. The number of aromatic amines is 1. The molecule has 2 aromatic rings. The van der Waals surface area contributed by atoms with Gasteiger partial charge in [0.15, 0.2) is 5.69 Å². The molecule has 0 bridgehead atoms. The molecule has 0 unspecified atom stereocenters. The molecule has 0 spiro atoms. The number of rotatable bonds is 3. The summed E-state index contributed by atoms with van der Waals surface area (Å²) in [6, 6.07) is 1.82. The lowest BCUT2D eigenvalue weighted by atomic mass is 10.2. The van der Waals surface area contributed by atoms with Gasteiger partial charge < -0.3 is 14.3 Å². The molecule has 0 atom stereocenters. The maximum atomic E-state index is 12.5. The monoisotopic (exact) mass is 315 g/mol.